The Hall–Kier alpha value is -2.68. The molecule has 0 aromatic heterocycles. The number of nitrogens with one attached hydrogen (secondary N) is 1. The summed E-state index contributed by atoms with van der Waals surface area (Å²) < 4.78 is 67.6. The highest BCUT2D eigenvalue weighted by Gasteiger charge is 2.51. The fraction of sp³-hybridized carbons (Fsp3) is 0.500. The van der Waals surface area contributed by atoms with Crippen molar-refractivity contribution in [2.45, 2.75) is 62.2 Å². The van der Waals surface area contributed by atoms with Crippen LogP contribution in [0, 0.1) is 11.6 Å². The number of rotatable bonds is 3. The molecule has 4 nitrogen and oxygen atoms in total. The summed E-state index contributed by atoms with van der Waals surface area (Å²) in [5.74, 6) is -1.46. The van der Waals surface area contributed by atoms with Crippen molar-refractivity contribution in [3.8, 4) is 0 Å². The molecule has 0 unspecified atom stereocenters. The van der Waals surface area contributed by atoms with E-state index in [1.54, 1.807) is 12.1 Å². The summed E-state index contributed by atoms with van der Waals surface area (Å²) in [5, 5.41) is 2.93. The quantitative estimate of drug-likeness (QED) is 0.579. The van der Waals surface area contributed by atoms with E-state index >= 15 is 0 Å². The second kappa shape index (κ2) is 9.08. The Kier molecular flexibility index (Phi) is 6.23. The summed E-state index contributed by atoms with van der Waals surface area (Å²) >= 11 is 0. The maximum atomic E-state index is 14.2. The zero-order chi connectivity index (χ0) is 24.8. The first-order valence-electron chi connectivity index (χ1n) is 12.1. The molecular formula is C26H28F5N3O. The predicted molar refractivity (Wildman–Crippen MR) is 122 cm³/mol. The van der Waals surface area contributed by atoms with E-state index in [0.29, 0.717) is 50.7 Å². The number of hydrogen-bond donors (Lipinski definition) is 1. The standard InChI is InChI=1S/C26H28F5N3O/c27-19-5-7-21(8-6-19)34-16-32-24(35)25(34)9-11-33(12-10-25)23-4-2-1-3-22(23)17-13-18(26(29,30)31)15-20(28)14-17/h5-8,13-15,22-23H,1-4,9-12,16H2,(H,32,35)/t22-,23-/m1/s1. The number of anilines is 1. The molecule has 35 heavy (non-hydrogen) atoms. The lowest BCUT2D eigenvalue weighted by Gasteiger charge is -2.48. The first-order valence-corrected chi connectivity index (χ1v) is 12.1. The highest BCUT2D eigenvalue weighted by molar-refractivity contribution is 5.93. The Morgan fingerprint density at radius 1 is 0.914 bits per heavy atom. The van der Waals surface area contributed by atoms with Crippen LogP contribution in [0.3, 0.4) is 0 Å². The van der Waals surface area contributed by atoms with E-state index in [4.69, 9.17) is 0 Å². The Labute approximate surface area is 201 Å². The van der Waals surface area contributed by atoms with Crippen LogP contribution in [0.25, 0.3) is 0 Å². The lowest BCUT2D eigenvalue weighted by atomic mass is 9.77. The van der Waals surface area contributed by atoms with E-state index in [2.05, 4.69) is 10.2 Å². The largest absolute Gasteiger partial charge is 0.416 e. The van der Waals surface area contributed by atoms with Crippen molar-refractivity contribution in [3.63, 3.8) is 0 Å². The molecule has 5 rings (SSSR count). The van der Waals surface area contributed by atoms with Gasteiger partial charge < -0.3 is 10.2 Å². The lowest BCUT2D eigenvalue weighted by molar-refractivity contribution is -0.137. The molecule has 2 aromatic rings. The number of carbonyl (C=O) groups excluding carboxylic acids is 1. The van der Waals surface area contributed by atoms with Crippen LogP contribution in [-0.2, 0) is 11.0 Å². The van der Waals surface area contributed by atoms with E-state index in [0.717, 1.165) is 31.0 Å². The van der Waals surface area contributed by atoms with Gasteiger partial charge in [0, 0.05) is 24.8 Å². The molecule has 3 aliphatic rings. The minimum absolute atomic E-state index is 0.00674. The molecule has 1 amide bonds. The number of nitrogens with zero attached hydrogens (tertiary/aromatic N) is 2. The van der Waals surface area contributed by atoms with Crippen molar-refractivity contribution in [2.75, 3.05) is 24.7 Å². The summed E-state index contributed by atoms with van der Waals surface area (Å²) in [7, 11) is 0. The monoisotopic (exact) mass is 493 g/mol. The number of piperidine rings is 1. The third-order valence-electron chi connectivity index (χ3n) is 7.97. The molecule has 1 spiro atoms. The Balaban J connectivity index is 1.36. The van der Waals surface area contributed by atoms with Crippen LogP contribution in [0.2, 0.25) is 0 Å². The molecule has 1 N–H and O–H groups in total. The van der Waals surface area contributed by atoms with Crippen LogP contribution in [-0.4, -0.2) is 42.1 Å². The zero-order valence-electron chi connectivity index (χ0n) is 19.3. The van der Waals surface area contributed by atoms with Crippen molar-refractivity contribution in [1.29, 1.82) is 0 Å². The lowest BCUT2D eigenvalue weighted by Crippen LogP contribution is -2.58. The molecule has 2 atom stereocenters. The van der Waals surface area contributed by atoms with Crippen LogP contribution < -0.4 is 10.2 Å². The van der Waals surface area contributed by atoms with E-state index < -0.39 is 23.1 Å². The van der Waals surface area contributed by atoms with Gasteiger partial charge in [-0.25, -0.2) is 8.78 Å². The smallest absolute Gasteiger partial charge is 0.339 e. The van der Waals surface area contributed by atoms with Crippen molar-refractivity contribution < 1.29 is 26.7 Å². The molecule has 2 aromatic carbocycles. The van der Waals surface area contributed by atoms with Crippen LogP contribution in [0.15, 0.2) is 42.5 Å². The number of carbonyl (C=O) groups is 1. The Bertz CT molecular complexity index is 1080. The number of amides is 1. The fourth-order valence-electron chi connectivity index (χ4n) is 6.20. The highest BCUT2D eigenvalue weighted by Crippen LogP contribution is 2.42. The number of benzene rings is 2. The van der Waals surface area contributed by atoms with E-state index in [1.165, 1.54) is 18.2 Å². The summed E-state index contributed by atoms with van der Waals surface area (Å²) in [4.78, 5) is 17.2. The molecule has 188 valence electrons. The third-order valence-corrected chi connectivity index (χ3v) is 7.97. The van der Waals surface area contributed by atoms with Gasteiger partial charge in [0.1, 0.15) is 17.2 Å². The molecule has 3 fully saturated rings. The normalized spacial score (nSPS) is 25.2. The van der Waals surface area contributed by atoms with Crippen molar-refractivity contribution >= 4 is 11.6 Å². The van der Waals surface area contributed by atoms with Crippen LogP contribution in [0.4, 0.5) is 27.6 Å². The number of likely N-dealkylation sites (tertiary alicyclic amines) is 1. The van der Waals surface area contributed by atoms with E-state index in [-0.39, 0.29) is 23.7 Å². The van der Waals surface area contributed by atoms with Crippen LogP contribution in [0.5, 0.6) is 0 Å². The van der Waals surface area contributed by atoms with Gasteiger partial charge in [0.25, 0.3) is 0 Å². The molecule has 9 heteroatoms. The van der Waals surface area contributed by atoms with Gasteiger partial charge >= 0.3 is 6.18 Å². The van der Waals surface area contributed by atoms with Gasteiger partial charge in [-0.3, -0.25) is 9.69 Å². The second-order valence-corrected chi connectivity index (χ2v) is 9.87. The Morgan fingerprint density at radius 2 is 1.60 bits per heavy atom. The van der Waals surface area contributed by atoms with Crippen molar-refractivity contribution in [3.05, 3.63) is 65.2 Å². The van der Waals surface area contributed by atoms with E-state index in [1.807, 2.05) is 4.90 Å². The van der Waals surface area contributed by atoms with Gasteiger partial charge in [0.15, 0.2) is 0 Å². The predicted octanol–water partition coefficient (Wildman–Crippen LogP) is 5.44. The molecule has 0 radical (unpaired) electrons. The molecule has 2 aliphatic heterocycles. The molecule has 1 saturated carbocycles. The van der Waals surface area contributed by atoms with Gasteiger partial charge in [-0.15, -0.1) is 0 Å². The summed E-state index contributed by atoms with van der Waals surface area (Å²) in [5.41, 5.74) is -0.519. The fourth-order valence-corrected chi connectivity index (χ4v) is 6.20. The van der Waals surface area contributed by atoms with Crippen LogP contribution in [0.1, 0.15) is 55.6 Å². The number of hydrogen-bond acceptors (Lipinski definition) is 3. The Morgan fingerprint density at radius 3 is 2.29 bits per heavy atom. The first-order chi connectivity index (χ1) is 16.7. The molecular weight excluding hydrogens is 465 g/mol. The minimum atomic E-state index is -4.60. The topological polar surface area (TPSA) is 35.6 Å². The molecule has 1 aliphatic carbocycles. The number of alkyl halides is 3. The third kappa shape index (κ3) is 4.50. The summed E-state index contributed by atoms with van der Waals surface area (Å²) in [6, 6.07) is 8.97. The first kappa shape index (κ1) is 24.0. The summed E-state index contributed by atoms with van der Waals surface area (Å²) in [6.45, 7) is 1.56. The SMILES string of the molecule is O=C1NCN(c2ccc(F)cc2)C12CCN([C@@H]1CCCC[C@@H]1c1cc(F)cc(C(F)(F)F)c1)CC2. The average molecular weight is 494 g/mol. The van der Waals surface area contributed by atoms with Gasteiger partial charge in [0.05, 0.1) is 12.2 Å². The van der Waals surface area contributed by atoms with Crippen molar-refractivity contribution in [2.24, 2.45) is 0 Å². The molecule has 2 saturated heterocycles. The van der Waals surface area contributed by atoms with Gasteiger partial charge in [-0.2, -0.15) is 13.2 Å². The maximum Gasteiger partial charge on any atom is 0.416 e. The molecule has 0 bridgehead atoms. The summed E-state index contributed by atoms with van der Waals surface area (Å²) in [6.07, 6.45) is -0.117. The van der Waals surface area contributed by atoms with Crippen molar-refractivity contribution in [1.82, 2.24) is 10.2 Å². The van der Waals surface area contributed by atoms with Gasteiger partial charge in [0.2, 0.25) is 5.91 Å². The second-order valence-electron chi connectivity index (χ2n) is 9.87. The van der Waals surface area contributed by atoms with Gasteiger partial charge in [-0.05, 0) is 79.6 Å². The minimum Gasteiger partial charge on any atom is -0.339 e. The molecule has 2 heterocycles. The van der Waals surface area contributed by atoms with Crippen LogP contribution >= 0.6 is 0 Å². The maximum absolute atomic E-state index is 14.2. The van der Waals surface area contributed by atoms with Gasteiger partial charge in [-0.1, -0.05) is 12.8 Å². The highest BCUT2D eigenvalue weighted by atomic mass is 19.4. The van der Waals surface area contributed by atoms with E-state index in [9.17, 15) is 26.7 Å². The average Bonchev–Trinajstić information content (AvgIpc) is 3.14. The zero-order valence-corrected chi connectivity index (χ0v) is 19.3. The number of halogens is 5.